The molecule has 0 saturated heterocycles. The van der Waals surface area contributed by atoms with E-state index in [1.165, 1.54) is 0 Å². The monoisotopic (exact) mass is 250 g/mol. The van der Waals surface area contributed by atoms with Crippen LogP contribution in [-0.2, 0) is 4.79 Å². The van der Waals surface area contributed by atoms with Gasteiger partial charge in [-0.25, -0.2) is 0 Å². The Morgan fingerprint density at radius 3 is 2.39 bits per heavy atom. The van der Waals surface area contributed by atoms with E-state index in [0.717, 1.165) is 17.9 Å². The molecule has 18 heavy (non-hydrogen) atoms. The van der Waals surface area contributed by atoms with Gasteiger partial charge < -0.3 is 15.4 Å². The van der Waals surface area contributed by atoms with Gasteiger partial charge in [0.15, 0.2) is 0 Å². The summed E-state index contributed by atoms with van der Waals surface area (Å²) in [7, 11) is 1.77. The van der Waals surface area contributed by atoms with Crippen LogP contribution < -0.4 is 15.4 Å². The zero-order chi connectivity index (χ0) is 13.5. The van der Waals surface area contributed by atoms with E-state index in [-0.39, 0.29) is 11.8 Å². The summed E-state index contributed by atoms with van der Waals surface area (Å²) >= 11 is 0. The molecular weight excluding hydrogens is 228 g/mol. The van der Waals surface area contributed by atoms with Crippen molar-refractivity contribution in [2.75, 3.05) is 25.1 Å². The topological polar surface area (TPSA) is 55.6 Å². The molecule has 100 valence electrons. The molecule has 4 nitrogen and oxygen atoms in total. The number of amides is 1. The minimum Gasteiger partial charge on any atom is -0.494 e. The van der Waals surface area contributed by atoms with Gasteiger partial charge in [0.2, 0.25) is 5.91 Å². The SMILES string of the molecule is CCOc1ccc(N(C)C(=O)C(CC)CN)cc1. The molecular formula is C14H22N2O2. The predicted molar refractivity (Wildman–Crippen MR) is 73.9 cm³/mol. The van der Waals surface area contributed by atoms with Crippen LogP contribution in [0.4, 0.5) is 5.69 Å². The van der Waals surface area contributed by atoms with Crippen LogP contribution in [0, 0.1) is 5.92 Å². The Bertz CT molecular complexity index is 372. The van der Waals surface area contributed by atoms with Gasteiger partial charge in [-0.2, -0.15) is 0 Å². The van der Waals surface area contributed by atoms with Crippen LogP contribution in [0.15, 0.2) is 24.3 Å². The fourth-order valence-corrected chi connectivity index (χ4v) is 1.78. The summed E-state index contributed by atoms with van der Waals surface area (Å²) in [5, 5.41) is 0. The molecule has 1 aromatic carbocycles. The standard InChI is InChI=1S/C14H22N2O2/c1-4-11(10-15)14(17)16(3)12-6-8-13(9-7-12)18-5-2/h6-9,11H,4-5,10,15H2,1-3H3. The second-order valence-corrected chi connectivity index (χ2v) is 4.17. The van der Waals surface area contributed by atoms with Crippen molar-refractivity contribution in [3.8, 4) is 5.75 Å². The van der Waals surface area contributed by atoms with Gasteiger partial charge in [0.05, 0.1) is 12.5 Å². The first-order valence-electron chi connectivity index (χ1n) is 6.34. The van der Waals surface area contributed by atoms with Crippen LogP contribution in [0.3, 0.4) is 0 Å². The Morgan fingerprint density at radius 2 is 1.94 bits per heavy atom. The van der Waals surface area contributed by atoms with Crippen molar-refractivity contribution < 1.29 is 9.53 Å². The van der Waals surface area contributed by atoms with Gasteiger partial charge in [-0.05, 0) is 37.6 Å². The quantitative estimate of drug-likeness (QED) is 0.840. The predicted octanol–water partition coefficient (Wildman–Crippen LogP) is 2.03. The number of nitrogens with two attached hydrogens (primary N) is 1. The normalized spacial score (nSPS) is 12.0. The summed E-state index contributed by atoms with van der Waals surface area (Å²) < 4.78 is 5.37. The molecule has 0 spiro atoms. The van der Waals surface area contributed by atoms with Crippen molar-refractivity contribution >= 4 is 11.6 Å². The van der Waals surface area contributed by atoms with Crippen molar-refractivity contribution in [2.24, 2.45) is 11.7 Å². The highest BCUT2D eigenvalue weighted by Crippen LogP contribution is 2.20. The van der Waals surface area contributed by atoms with Crippen LogP contribution in [0.5, 0.6) is 5.75 Å². The van der Waals surface area contributed by atoms with Crippen molar-refractivity contribution in [3.05, 3.63) is 24.3 Å². The third-order valence-electron chi connectivity index (χ3n) is 2.99. The molecule has 0 radical (unpaired) electrons. The molecule has 0 aromatic heterocycles. The number of anilines is 1. The molecule has 0 aliphatic heterocycles. The minimum absolute atomic E-state index is 0.0594. The zero-order valence-corrected chi connectivity index (χ0v) is 11.3. The van der Waals surface area contributed by atoms with E-state index in [1.807, 2.05) is 38.1 Å². The summed E-state index contributed by atoms with van der Waals surface area (Å²) in [5.74, 6) is 0.763. The Hall–Kier alpha value is -1.55. The van der Waals surface area contributed by atoms with Gasteiger partial charge in [-0.1, -0.05) is 6.92 Å². The van der Waals surface area contributed by atoms with Gasteiger partial charge in [0.1, 0.15) is 5.75 Å². The lowest BCUT2D eigenvalue weighted by Crippen LogP contribution is -2.36. The average molecular weight is 250 g/mol. The number of carbonyl (C=O) groups excluding carboxylic acids is 1. The molecule has 4 heteroatoms. The molecule has 1 aromatic rings. The lowest BCUT2D eigenvalue weighted by atomic mass is 10.1. The van der Waals surface area contributed by atoms with E-state index >= 15 is 0 Å². The third kappa shape index (κ3) is 3.47. The Morgan fingerprint density at radius 1 is 1.33 bits per heavy atom. The first kappa shape index (κ1) is 14.5. The van der Waals surface area contributed by atoms with Gasteiger partial charge in [0, 0.05) is 19.3 Å². The van der Waals surface area contributed by atoms with E-state index in [2.05, 4.69) is 0 Å². The van der Waals surface area contributed by atoms with E-state index in [0.29, 0.717) is 13.2 Å². The lowest BCUT2D eigenvalue weighted by Gasteiger charge is -2.22. The fourth-order valence-electron chi connectivity index (χ4n) is 1.78. The number of nitrogens with zero attached hydrogens (tertiary/aromatic N) is 1. The highest BCUT2D eigenvalue weighted by atomic mass is 16.5. The molecule has 1 unspecified atom stereocenters. The van der Waals surface area contributed by atoms with Gasteiger partial charge >= 0.3 is 0 Å². The van der Waals surface area contributed by atoms with Crippen LogP contribution in [0.2, 0.25) is 0 Å². The Labute approximate surface area is 109 Å². The fraction of sp³-hybridized carbons (Fsp3) is 0.500. The van der Waals surface area contributed by atoms with Crippen LogP contribution >= 0.6 is 0 Å². The summed E-state index contributed by atoms with van der Waals surface area (Å²) in [5.41, 5.74) is 6.45. The van der Waals surface area contributed by atoms with E-state index in [1.54, 1.807) is 11.9 Å². The number of benzene rings is 1. The number of hydrogen-bond donors (Lipinski definition) is 1. The molecule has 0 saturated carbocycles. The molecule has 0 aliphatic rings. The molecule has 0 heterocycles. The molecule has 1 amide bonds. The van der Waals surface area contributed by atoms with Crippen LogP contribution in [-0.4, -0.2) is 26.1 Å². The van der Waals surface area contributed by atoms with E-state index < -0.39 is 0 Å². The number of rotatable bonds is 6. The van der Waals surface area contributed by atoms with Gasteiger partial charge in [0.25, 0.3) is 0 Å². The lowest BCUT2D eigenvalue weighted by molar-refractivity contribution is -0.121. The number of carbonyl (C=O) groups is 1. The zero-order valence-electron chi connectivity index (χ0n) is 11.3. The van der Waals surface area contributed by atoms with Crippen molar-refractivity contribution in [1.29, 1.82) is 0 Å². The number of hydrogen-bond acceptors (Lipinski definition) is 3. The highest BCUT2D eigenvalue weighted by Gasteiger charge is 2.19. The first-order chi connectivity index (χ1) is 8.63. The van der Waals surface area contributed by atoms with Crippen LogP contribution in [0.25, 0.3) is 0 Å². The number of ether oxygens (including phenoxy) is 1. The Balaban J connectivity index is 2.77. The maximum absolute atomic E-state index is 12.1. The smallest absolute Gasteiger partial charge is 0.231 e. The van der Waals surface area contributed by atoms with Crippen LogP contribution in [0.1, 0.15) is 20.3 Å². The molecule has 1 atom stereocenters. The largest absolute Gasteiger partial charge is 0.494 e. The molecule has 0 bridgehead atoms. The maximum atomic E-state index is 12.1. The minimum atomic E-state index is -0.110. The van der Waals surface area contributed by atoms with Crippen molar-refractivity contribution in [2.45, 2.75) is 20.3 Å². The third-order valence-corrected chi connectivity index (χ3v) is 2.99. The highest BCUT2D eigenvalue weighted by molar-refractivity contribution is 5.94. The first-order valence-corrected chi connectivity index (χ1v) is 6.34. The van der Waals surface area contributed by atoms with E-state index in [4.69, 9.17) is 10.5 Å². The molecule has 0 fully saturated rings. The second kappa shape index (κ2) is 7.01. The van der Waals surface area contributed by atoms with E-state index in [9.17, 15) is 4.79 Å². The van der Waals surface area contributed by atoms with Crippen molar-refractivity contribution in [1.82, 2.24) is 0 Å². The summed E-state index contributed by atoms with van der Waals surface area (Å²) in [6, 6.07) is 7.50. The van der Waals surface area contributed by atoms with Gasteiger partial charge in [-0.3, -0.25) is 4.79 Å². The molecule has 1 rings (SSSR count). The molecule has 2 N–H and O–H groups in total. The maximum Gasteiger partial charge on any atom is 0.231 e. The van der Waals surface area contributed by atoms with Gasteiger partial charge in [-0.15, -0.1) is 0 Å². The second-order valence-electron chi connectivity index (χ2n) is 4.17. The molecule has 0 aliphatic carbocycles. The Kier molecular flexibility index (Phi) is 5.65. The summed E-state index contributed by atoms with van der Waals surface area (Å²) in [6.45, 7) is 4.94. The van der Waals surface area contributed by atoms with Crippen molar-refractivity contribution in [3.63, 3.8) is 0 Å². The summed E-state index contributed by atoms with van der Waals surface area (Å²) in [4.78, 5) is 13.8. The average Bonchev–Trinajstić information content (AvgIpc) is 2.40. The summed E-state index contributed by atoms with van der Waals surface area (Å²) in [6.07, 6.45) is 0.761.